The first-order valence-electron chi connectivity index (χ1n) is 18.6. The Hall–Kier alpha value is -4.95. The normalized spacial score (nSPS) is 12.4. The number of ether oxygens (including phenoxy) is 5. The van der Waals surface area contributed by atoms with Gasteiger partial charge in [-0.1, -0.05) is 83.1 Å². The lowest BCUT2D eigenvalue weighted by Gasteiger charge is -2.28. The summed E-state index contributed by atoms with van der Waals surface area (Å²) in [7, 11) is 4.20. The quantitative estimate of drug-likeness (QED) is 0.120. The summed E-state index contributed by atoms with van der Waals surface area (Å²) in [6.45, 7) is 24.9. The van der Waals surface area contributed by atoms with Gasteiger partial charge in [0.2, 0.25) is 0 Å². The Morgan fingerprint density at radius 3 is 1.16 bits per heavy atom. The second kappa shape index (κ2) is 15.2. The fourth-order valence-electron chi connectivity index (χ4n) is 6.68. The van der Waals surface area contributed by atoms with Crippen LogP contribution in [-0.2, 0) is 21.7 Å². The highest BCUT2D eigenvalue weighted by molar-refractivity contribution is 7.32. The molecule has 56 heavy (non-hydrogen) atoms. The third-order valence-corrected chi connectivity index (χ3v) is 10.7. The van der Waals surface area contributed by atoms with E-state index in [1.165, 1.54) is 0 Å². The van der Waals surface area contributed by atoms with Crippen LogP contribution in [0.5, 0.6) is 34.5 Å². The summed E-state index contributed by atoms with van der Waals surface area (Å²) in [5, 5.41) is 11.6. The molecular weight excluding hydrogens is 731 g/mol. The van der Waals surface area contributed by atoms with Gasteiger partial charge in [-0.2, -0.15) is 0 Å². The van der Waals surface area contributed by atoms with Crippen LogP contribution >= 0.6 is 8.24 Å². The largest absolute Gasteiger partial charge is 0.511 e. The first-order chi connectivity index (χ1) is 25.9. The van der Waals surface area contributed by atoms with E-state index < -0.39 is 25.2 Å². The van der Waals surface area contributed by atoms with Gasteiger partial charge in [0.1, 0.15) is 45.7 Å². The average molecular weight is 789 g/mol. The summed E-state index contributed by atoms with van der Waals surface area (Å²) < 4.78 is 50.2. The van der Waals surface area contributed by atoms with E-state index in [-0.39, 0.29) is 16.6 Å². The monoisotopic (exact) mass is 788 g/mol. The Balaban J connectivity index is 2.04. The molecule has 0 saturated heterocycles. The van der Waals surface area contributed by atoms with E-state index in [1.807, 2.05) is 57.2 Å². The number of methoxy groups -OCH3 is 4. The van der Waals surface area contributed by atoms with Gasteiger partial charge in [0.25, 0.3) is 0 Å². The summed E-state index contributed by atoms with van der Waals surface area (Å²) in [6.07, 6.45) is -1.45. The molecule has 10 nitrogen and oxygen atoms in total. The van der Waals surface area contributed by atoms with Crippen LogP contribution in [0.4, 0.5) is 4.79 Å². The maximum atomic E-state index is 12.4. The molecule has 1 heterocycles. The summed E-state index contributed by atoms with van der Waals surface area (Å²) in [4.78, 5) is 12.4. The van der Waals surface area contributed by atoms with Gasteiger partial charge < -0.3 is 41.7 Å². The minimum Gasteiger partial charge on any atom is -0.497 e. The molecule has 302 valence electrons. The number of hydrogen-bond donors (Lipinski definition) is 1. The standard InChI is InChI=1S/C45H57O10P/c1-42(2,3)33-21-25(48-13)17-29(37(33)52-41(46)47)30-18-26(49-14)22-34(43(4,5)6)38(30)53-56-54-39-31(19-27(50-15)23-35(39)44(7,8)9)32-20-28(51-16)24-36(40(32)55-56)45(10,11)12/h17-24H,1-16H3,(H,46,47). The zero-order valence-electron chi connectivity index (χ0n) is 35.7. The molecule has 0 spiro atoms. The van der Waals surface area contributed by atoms with Crippen LogP contribution in [0, 0.1) is 0 Å². The van der Waals surface area contributed by atoms with Crippen LogP contribution in [0.15, 0.2) is 56.9 Å². The van der Waals surface area contributed by atoms with Crippen molar-refractivity contribution >= 4 is 36.3 Å². The van der Waals surface area contributed by atoms with Crippen LogP contribution in [0.1, 0.15) is 105 Å². The van der Waals surface area contributed by atoms with Gasteiger partial charge in [-0.3, -0.25) is 0 Å². The maximum Gasteiger partial charge on any atom is 0.511 e. The van der Waals surface area contributed by atoms with E-state index in [9.17, 15) is 9.90 Å². The predicted octanol–water partition coefficient (Wildman–Crippen LogP) is 13.1. The minimum absolute atomic E-state index is 0.152. The second-order valence-corrected chi connectivity index (χ2v) is 19.1. The molecule has 11 heteroatoms. The molecule has 0 aliphatic carbocycles. The van der Waals surface area contributed by atoms with Crippen molar-refractivity contribution in [3.05, 3.63) is 70.8 Å². The van der Waals surface area contributed by atoms with Crippen molar-refractivity contribution < 1.29 is 46.5 Å². The molecule has 0 amide bonds. The Kier molecular flexibility index (Phi) is 11.4. The van der Waals surface area contributed by atoms with Crippen molar-refractivity contribution in [2.45, 2.75) is 105 Å². The van der Waals surface area contributed by atoms with E-state index >= 15 is 0 Å². The summed E-state index contributed by atoms with van der Waals surface area (Å²) >= 11 is 0. The van der Waals surface area contributed by atoms with Gasteiger partial charge in [0.15, 0.2) is 0 Å². The molecule has 0 radical (unpaired) electrons. The molecule has 0 unspecified atom stereocenters. The van der Waals surface area contributed by atoms with E-state index in [2.05, 4.69) is 62.3 Å². The fourth-order valence-corrected chi connectivity index (χ4v) is 7.83. The Bertz CT molecular complexity index is 2240. The predicted molar refractivity (Wildman–Crippen MR) is 224 cm³/mol. The lowest BCUT2D eigenvalue weighted by atomic mass is 9.81. The summed E-state index contributed by atoms with van der Waals surface area (Å²) in [5.41, 5.74) is 3.49. The summed E-state index contributed by atoms with van der Waals surface area (Å²) in [6, 6.07) is 15.2. The molecule has 1 aromatic heterocycles. The van der Waals surface area contributed by atoms with Crippen molar-refractivity contribution in [1.82, 2.24) is 0 Å². The first-order valence-corrected chi connectivity index (χ1v) is 19.7. The Morgan fingerprint density at radius 2 is 0.821 bits per heavy atom. The zero-order chi connectivity index (χ0) is 41.7. The van der Waals surface area contributed by atoms with Gasteiger partial charge in [-0.05, 0) is 70.2 Å². The topological polar surface area (TPSA) is 119 Å². The van der Waals surface area contributed by atoms with Crippen LogP contribution in [0.2, 0.25) is 0 Å². The molecular formula is C45H57O10P. The van der Waals surface area contributed by atoms with Gasteiger partial charge in [0, 0.05) is 44.2 Å². The molecule has 0 atom stereocenters. The van der Waals surface area contributed by atoms with Crippen molar-refractivity contribution in [3.63, 3.8) is 0 Å². The first kappa shape index (κ1) is 42.2. The minimum atomic E-state index is -2.26. The van der Waals surface area contributed by atoms with Gasteiger partial charge in [-0.15, -0.1) is 0 Å². The Morgan fingerprint density at radius 1 is 0.500 bits per heavy atom. The molecule has 0 fully saturated rings. The van der Waals surface area contributed by atoms with E-state index in [1.54, 1.807) is 40.6 Å². The SMILES string of the molecule is COc1cc(-c2cc(OC)cc(C(C)(C)C)c2Op2oc3c(C(C)(C)C)cc(OC)cc3c3cc(OC)cc(C(C)(C)C)c3o2)c(OC(=O)O)c(C(C)(C)C)c1. The smallest absolute Gasteiger partial charge is 0.497 e. The maximum absolute atomic E-state index is 12.4. The summed E-state index contributed by atoms with van der Waals surface area (Å²) in [5.74, 6) is 2.95. The highest BCUT2D eigenvalue weighted by Gasteiger charge is 2.32. The third kappa shape index (κ3) is 8.56. The van der Waals surface area contributed by atoms with Crippen LogP contribution in [0.3, 0.4) is 0 Å². The lowest BCUT2D eigenvalue weighted by molar-refractivity contribution is 0.143. The number of benzene rings is 4. The van der Waals surface area contributed by atoms with Crippen molar-refractivity contribution in [3.8, 4) is 45.6 Å². The highest BCUT2D eigenvalue weighted by atomic mass is 31.1. The van der Waals surface area contributed by atoms with Gasteiger partial charge in [0.05, 0.1) is 28.4 Å². The van der Waals surface area contributed by atoms with Crippen molar-refractivity contribution in [1.29, 1.82) is 0 Å². The van der Waals surface area contributed by atoms with Crippen LogP contribution in [-0.4, -0.2) is 39.7 Å². The number of fused-ring (bicyclic) bond motifs is 3. The van der Waals surface area contributed by atoms with Gasteiger partial charge >= 0.3 is 14.4 Å². The lowest BCUT2D eigenvalue weighted by Crippen LogP contribution is -2.17. The fraction of sp³-hybridized carbons (Fsp3) is 0.444. The van der Waals surface area contributed by atoms with E-state index in [0.717, 1.165) is 27.5 Å². The number of carbonyl (C=O) groups is 1. The highest BCUT2D eigenvalue weighted by Crippen LogP contribution is 2.53. The number of hydrogen-bond acceptors (Lipinski definition) is 9. The molecule has 5 aromatic rings. The molecule has 0 aliphatic rings. The number of rotatable bonds is 8. The van der Waals surface area contributed by atoms with Crippen LogP contribution < -0.4 is 28.2 Å². The molecule has 0 aliphatic heterocycles. The molecule has 0 bridgehead atoms. The molecule has 5 rings (SSSR count). The van der Waals surface area contributed by atoms with Crippen molar-refractivity contribution in [2.24, 2.45) is 0 Å². The number of carboxylic acid groups (broad SMARTS) is 1. The van der Waals surface area contributed by atoms with Gasteiger partial charge in [-0.25, -0.2) is 4.79 Å². The Labute approximate surface area is 331 Å². The van der Waals surface area contributed by atoms with E-state index in [0.29, 0.717) is 56.6 Å². The molecule has 0 saturated carbocycles. The zero-order valence-corrected chi connectivity index (χ0v) is 36.6. The average Bonchev–Trinajstić information content (AvgIpc) is 3.24. The van der Waals surface area contributed by atoms with Crippen molar-refractivity contribution in [2.75, 3.05) is 28.4 Å². The molecule has 1 N–H and O–H groups in total. The molecule has 4 aromatic carbocycles. The van der Waals surface area contributed by atoms with Crippen LogP contribution in [0.25, 0.3) is 33.1 Å². The van der Waals surface area contributed by atoms with E-state index in [4.69, 9.17) is 36.6 Å². The second-order valence-electron chi connectivity index (χ2n) is 18.1. The third-order valence-electron chi connectivity index (χ3n) is 9.69.